The molecule has 1 aliphatic rings. The van der Waals surface area contributed by atoms with Crippen molar-refractivity contribution in [3.63, 3.8) is 0 Å². The number of fused-ring (bicyclic) bond motifs is 2. The monoisotopic (exact) mass is 484 g/mol. The van der Waals surface area contributed by atoms with E-state index in [1.54, 1.807) is 12.4 Å². The van der Waals surface area contributed by atoms with Gasteiger partial charge in [0.15, 0.2) is 0 Å². The van der Waals surface area contributed by atoms with Crippen molar-refractivity contribution in [2.75, 3.05) is 28.6 Å². The molecule has 0 spiro atoms. The molecular formula is C29H24N8. The average Bonchev–Trinajstić information content (AvgIpc) is 3.33. The number of pyridine rings is 3. The minimum absolute atomic E-state index is 0.770. The van der Waals surface area contributed by atoms with Crippen LogP contribution in [0.5, 0.6) is 0 Å². The average molecular weight is 485 g/mol. The summed E-state index contributed by atoms with van der Waals surface area (Å²) in [7, 11) is 0. The van der Waals surface area contributed by atoms with E-state index in [0.29, 0.717) is 0 Å². The highest BCUT2D eigenvalue weighted by Crippen LogP contribution is 2.31. The van der Waals surface area contributed by atoms with Crippen LogP contribution in [0.1, 0.15) is 6.42 Å². The predicted molar refractivity (Wildman–Crippen MR) is 149 cm³/mol. The number of benzene rings is 2. The third-order valence-corrected chi connectivity index (χ3v) is 6.69. The molecule has 2 aromatic carbocycles. The maximum absolute atomic E-state index is 4.80. The molecule has 4 aromatic heterocycles. The molecule has 8 nitrogen and oxygen atoms in total. The molecule has 0 radical (unpaired) electrons. The number of hydrogen-bond donors (Lipinski definition) is 3. The van der Waals surface area contributed by atoms with Crippen LogP contribution in [-0.4, -0.2) is 38.0 Å². The van der Waals surface area contributed by atoms with Crippen molar-refractivity contribution in [3.8, 4) is 11.4 Å². The first-order valence-corrected chi connectivity index (χ1v) is 12.3. The third-order valence-electron chi connectivity index (χ3n) is 6.69. The van der Waals surface area contributed by atoms with Crippen LogP contribution in [0.15, 0.2) is 91.6 Å². The summed E-state index contributed by atoms with van der Waals surface area (Å²) in [6.07, 6.45) is 10.3. The molecule has 180 valence electrons. The molecule has 0 atom stereocenters. The van der Waals surface area contributed by atoms with Crippen molar-refractivity contribution in [3.05, 3.63) is 91.6 Å². The van der Waals surface area contributed by atoms with Gasteiger partial charge in [0.1, 0.15) is 5.82 Å². The molecule has 3 N–H and O–H groups in total. The van der Waals surface area contributed by atoms with Crippen LogP contribution in [0.3, 0.4) is 0 Å². The first kappa shape index (κ1) is 21.3. The summed E-state index contributed by atoms with van der Waals surface area (Å²) in [6, 6.07) is 20.5. The van der Waals surface area contributed by atoms with Crippen LogP contribution in [0.25, 0.3) is 33.3 Å². The molecule has 8 heteroatoms. The number of anilines is 5. The molecule has 1 saturated heterocycles. The molecule has 1 fully saturated rings. The first-order chi connectivity index (χ1) is 18.3. The Hall–Kier alpha value is -4.98. The molecule has 5 heterocycles. The maximum atomic E-state index is 4.80. The van der Waals surface area contributed by atoms with E-state index in [4.69, 9.17) is 4.98 Å². The fraction of sp³-hybridized carbons (Fsp3) is 0.103. The number of rotatable bonds is 6. The molecule has 0 unspecified atom stereocenters. The number of nitrogens with zero attached hydrogens (tertiary/aromatic N) is 5. The minimum atomic E-state index is 0.770. The van der Waals surface area contributed by atoms with Crippen LogP contribution in [0.4, 0.5) is 28.4 Å². The largest absolute Gasteiger partial charge is 0.371 e. The first-order valence-electron chi connectivity index (χ1n) is 12.3. The zero-order chi connectivity index (χ0) is 24.6. The number of imidazole rings is 1. The predicted octanol–water partition coefficient (Wildman–Crippen LogP) is 6.27. The van der Waals surface area contributed by atoms with E-state index in [1.807, 2.05) is 48.9 Å². The van der Waals surface area contributed by atoms with Gasteiger partial charge in [-0.1, -0.05) is 0 Å². The summed E-state index contributed by atoms with van der Waals surface area (Å²) in [6.45, 7) is 2.22. The van der Waals surface area contributed by atoms with Crippen molar-refractivity contribution < 1.29 is 0 Å². The maximum Gasteiger partial charge on any atom is 0.140 e. The number of H-pyrrole nitrogens is 1. The standard InChI is InChI=1S/C29H24N8/c1-12-37(13-1)23-3-5-25-24(16-23)26(8-11-32-25)34-22-14-19(17-31-18-22)29-35-27-4-2-21(15-28(27)36-29)33-20-6-9-30-10-7-20/h2-11,14-18H,1,12-13H2,(H,30,33)(H,32,34)(H,35,36). The van der Waals surface area contributed by atoms with Crippen LogP contribution >= 0.6 is 0 Å². The zero-order valence-corrected chi connectivity index (χ0v) is 20.0. The van der Waals surface area contributed by atoms with E-state index in [9.17, 15) is 0 Å². The lowest BCUT2D eigenvalue weighted by atomic mass is 10.1. The topological polar surface area (TPSA) is 94.6 Å². The summed E-state index contributed by atoms with van der Waals surface area (Å²) < 4.78 is 0. The molecule has 37 heavy (non-hydrogen) atoms. The second-order valence-corrected chi connectivity index (χ2v) is 9.17. The SMILES string of the molecule is c1cc(Nc2ccc3nc(-c4cncc(Nc5ccnc6ccc(N7CCC7)cc56)c4)[nH]c3c2)ccn1. The van der Waals surface area contributed by atoms with Gasteiger partial charge >= 0.3 is 0 Å². The highest BCUT2D eigenvalue weighted by atomic mass is 15.2. The number of nitrogens with one attached hydrogen (secondary N) is 3. The van der Waals surface area contributed by atoms with Crippen LogP contribution in [-0.2, 0) is 0 Å². The van der Waals surface area contributed by atoms with Gasteiger partial charge in [-0.25, -0.2) is 4.98 Å². The van der Waals surface area contributed by atoms with Crippen molar-refractivity contribution in [1.29, 1.82) is 0 Å². The highest BCUT2D eigenvalue weighted by Gasteiger charge is 2.15. The van der Waals surface area contributed by atoms with Crippen LogP contribution in [0, 0.1) is 0 Å². The van der Waals surface area contributed by atoms with E-state index in [-0.39, 0.29) is 0 Å². The molecular weight excluding hydrogens is 460 g/mol. The zero-order valence-electron chi connectivity index (χ0n) is 20.0. The Kier molecular flexibility index (Phi) is 5.13. The number of aromatic amines is 1. The van der Waals surface area contributed by atoms with Gasteiger partial charge in [0.2, 0.25) is 0 Å². The normalized spacial score (nSPS) is 13.0. The van der Waals surface area contributed by atoms with Gasteiger partial charge < -0.3 is 20.5 Å². The van der Waals surface area contributed by atoms with E-state index >= 15 is 0 Å². The van der Waals surface area contributed by atoms with Gasteiger partial charge in [0.05, 0.1) is 28.4 Å². The number of aromatic nitrogens is 5. The summed E-state index contributed by atoms with van der Waals surface area (Å²) in [4.78, 5) is 23.7. The Labute approximate surface area is 213 Å². The molecule has 0 saturated carbocycles. The van der Waals surface area contributed by atoms with Gasteiger partial charge in [-0.3, -0.25) is 15.0 Å². The minimum Gasteiger partial charge on any atom is -0.371 e. The van der Waals surface area contributed by atoms with E-state index in [2.05, 4.69) is 65.8 Å². The van der Waals surface area contributed by atoms with E-state index in [1.165, 1.54) is 12.1 Å². The van der Waals surface area contributed by atoms with Gasteiger partial charge in [-0.05, 0) is 67.1 Å². The summed E-state index contributed by atoms with van der Waals surface area (Å²) in [5.41, 5.74) is 8.81. The molecule has 1 aliphatic heterocycles. The molecule has 6 aromatic rings. The van der Waals surface area contributed by atoms with Crippen molar-refractivity contribution >= 4 is 50.4 Å². The highest BCUT2D eigenvalue weighted by molar-refractivity contribution is 5.95. The Bertz CT molecular complexity index is 1720. The Balaban J connectivity index is 1.17. The Morgan fingerprint density at radius 3 is 2.49 bits per heavy atom. The van der Waals surface area contributed by atoms with Gasteiger partial charge in [-0.2, -0.15) is 0 Å². The second-order valence-electron chi connectivity index (χ2n) is 9.17. The molecule has 0 aliphatic carbocycles. The van der Waals surface area contributed by atoms with Crippen molar-refractivity contribution in [1.82, 2.24) is 24.9 Å². The van der Waals surface area contributed by atoms with Crippen molar-refractivity contribution in [2.45, 2.75) is 6.42 Å². The third kappa shape index (κ3) is 4.18. The molecule has 7 rings (SSSR count). The Morgan fingerprint density at radius 2 is 1.62 bits per heavy atom. The van der Waals surface area contributed by atoms with E-state index in [0.717, 1.165) is 69.2 Å². The summed E-state index contributed by atoms with van der Waals surface area (Å²) >= 11 is 0. The van der Waals surface area contributed by atoms with Gasteiger partial charge in [-0.15, -0.1) is 0 Å². The molecule has 0 bridgehead atoms. The fourth-order valence-corrected chi connectivity index (χ4v) is 4.63. The smallest absolute Gasteiger partial charge is 0.140 e. The molecule has 0 amide bonds. The summed E-state index contributed by atoms with van der Waals surface area (Å²) in [5, 5.41) is 8.04. The quantitative estimate of drug-likeness (QED) is 0.257. The van der Waals surface area contributed by atoms with E-state index < -0.39 is 0 Å². The van der Waals surface area contributed by atoms with Gasteiger partial charge in [0, 0.05) is 71.6 Å². The lowest BCUT2D eigenvalue weighted by Crippen LogP contribution is -2.36. The lowest BCUT2D eigenvalue weighted by Gasteiger charge is -2.33. The number of hydrogen-bond acceptors (Lipinski definition) is 7. The van der Waals surface area contributed by atoms with Crippen molar-refractivity contribution in [2.24, 2.45) is 0 Å². The van der Waals surface area contributed by atoms with Crippen LogP contribution < -0.4 is 15.5 Å². The fourth-order valence-electron chi connectivity index (χ4n) is 4.63. The Morgan fingerprint density at radius 1 is 0.730 bits per heavy atom. The van der Waals surface area contributed by atoms with Crippen LogP contribution in [0.2, 0.25) is 0 Å². The second kappa shape index (κ2) is 8.91. The summed E-state index contributed by atoms with van der Waals surface area (Å²) in [5.74, 6) is 0.770. The lowest BCUT2D eigenvalue weighted by molar-refractivity contribution is 0.618. The van der Waals surface area contributed by atoms with Gasteiger partial charge in [0.25, 0.3) is 0 Å².